The largest absolute Gasteiger partial charge is 0.375 e. The van der Waals surface area contributed by atoms with Gasteiger partial charge in [0.2, 0.25) is 0 Å². The molecule has 7 heteroatoms. The Kier molecular flexibility index (Phi) is 6.56. The molecule has 0 bridgehead atoms. The summed E-state index contributed by atoms with van der Waals surface area (Å²) in [7, 11) is 0. The summed E-state index contributed by atoms with van der Waals surface area (Å²) in [5.41, 5.74) is 5.98. The SMILES string of the molecule is Cc1nccn1CCN=C(N)N1CCOC(C)C1.I. The van der Waals surface area contributed by atoms with Gasteiger partial charge in [0.05, 0.1) is 19.3 Å². The van der Waals surface area contributed by atoms with Crippen LogP contribution in [0.25, 0.3) is 0 Å². The number of ether oxygens (including phenoxy) is 1. The van der Waals surface area contributed by atoms with Crippen molar-refractivity contribution in [2.75, 3.05) is 26.2 Å². The fourth-order valence-corrected chi connectivity index (χ4v) is 2.04. The highest BCUT2D eigenvalue weighted by Crippen LogP contribution is 2.03. The van der Waals surface area contributed by atoms with E-state index in [1.165, 1.54) is 0 Å². The van der Waals surface area contributed by atoms with Crippen molar-refractivity contribution in [1.82, 2.24) is 14.5 Å². The molecule has 1 aliphatic rings. The lowest BCUT2D eigenvalue weighted by molar-refractivity contribution is 0.00529. The highest BCUT2D eigenvalue weighted by Gasteiger charge is 2.17. The average molecular weight is 379 g/mol. The first-order valence-electron chi connectivity index (χ1n) is 6.31. The number of hydrogen-bond donors (Lipinski definition) is 1. The van der Waals surface area contributed by atoms with E-state index in [0.717, 1.165) is 32.1 Å². The van der Waals surface area contributed by atoms with Gasteiger partial charge in [0.25, 0.3) is 0 Å². The normalized spacial score (nSPS) is 20.2. The molecule has 1 aromatic rings. The quantitative estimate of drug-likeness (QED) is 0.480. The van der Waals surface area contributed by atoms with Crippen LogP contribution in [-0.4, -0.2) is 52.8 Å². The molecule has 0 radical (unpaired) electrons. The number of hydrogen-bond acceptors (Lipinski definition) is 3. The zero-order valence-electron chi connectivity index (χ0n) is 11.5. The molecule has 1 aromatic heterocycles. The summed E-state index contributed by atoms with van der Waals surface area (Å²) in [5.74, 6) is 1.62. The molecular weight excluding hydrogens is 357 g/mol. The van der Waals surface area contributed by atoms with E-state index in [0.29, 0.717) is 12.5 Å². The van der Waals surface area contributed by atoms with Crippen molar-refractivity contribution in [1.29, 1.82) is 0 Å². The molecule has 0 aromatic carbocycles. The van der Waals surface area contributed by atoms with E-state index in [4.69, 9.17) is 10.5 Å². The van der Waals surface area contributed by atoms with Crippen molar-refractivity contribution in [2.24, 2.45) is 10.7 Å². The summed E-state index contributed by atoms with van der Waals surface area (Å²) in [5, 5.41) is 0. The van der Waals surface area contributed by atoms with E-state index in [-0.39, 0.29) is 30.1 Å². The van der Waals surface area contributed by atoms with Crippen LogP contribution in [0.5, 0.6) is 0 Å². The lowest BCUT2D eigenvalue weighted by Crippen LogP contribution is -2.48. The van der Waals surface area contributed by atoms with Crippen molar-refractivity contribution in [3.05, 3.63) is 18.2 Å². The number of aromatic nitrogens is 2. The third kappa shape index (κ3) is 4.64. The molecule has 0 spiro atoms. The summed E-state index contributed by atoms with van der Waals surface area (Å²) >= 11 is 0. The van der Waals surface area contributed by atoms with Crippen molar-refractivity contribution < 1.29 is 4.74 Å². The fraction of sp³-hybridized carbons (Fsp3) is 0.667. The average Bonchev–Trinajstić information content (AvgIpc) is 2.75. The van der Waals surface area contributed by atoms with Crippen LogP contribution in [0, 0.1) is 6.92 Å². The molecule has 0 saturated carbocycles. The fourth-order valence-electron chi connectivity index (χ4n) is 2.04. The van der Waals surface area contributed by atoms with E-state index >= 15 is 0 Å². The molecule has 1 fully saturated rings. The Hall–Kier alpha value is -0.830. The zero-order valence-corrected chi connectivity index (χ0v) is 13.8. The molecular formula is C12H22IN5O. The lowest BCUT2D eigenvalue weighted by Gasteiger charge is -2.31. The maximum Gasteiger partial charge on any atom is 0.191 e. The highest BCUT2D eigenvalue weighted by molar-refractivity contribution is 14.0. The van der Waals surface area contributed by atoms with Crippen molar-refractivity contribution in [3.63, 3.8) is 0 Å². The van der Waals surface area contributed by atoms with Crippen LogP contribution >= 0.6 is 24.0 Å². The first kappa shape index (κ1) is 16.2. The number of guanidine groups is 1. The zero-order chi connectivity index (χ0) is 13.0. The van der Waals surface area contributed by atoms with Crippen LogP contribution in [0.1, 0.15) is 12.7 Å². The summed E-state index contributed by atoms with van der Waals surface area (Å²) in [6.07, 6.45) is 3.98. The first-order valence-corrected chi connectivity index (χ1v) is 6.31. The van der Waals surface area contributed by atoms with E-state index in [1.807, 2.05) is 20.0 Å². The van der Waals surface area contributed by atoms with Gasteiger partial charge in [0.1, 0.15) is 5.82 Å². The molecule has 0 aliphatic carbocycles. The van der Waals surface area contributed by atoms with Crippen molar-refractivity contribution in [2.45, 2.75) is 26.5 Å². The molecule has 1 aliphatic heterocycles. The standard InChI is InChI=1S/C12H21N5O.HI/c1-10-9-17(7-8-18-10)12(13)15-4-6-16-5-3-14-11(16)2;/h3,5,10H,4,6-9H2,1-2H3,(H2,13,15);1H. The second-order valence-electron chi connectivity index (χ2n) is 4.54. The minimum absolute atomic E-state index is 0. The molecule has 1 unspecified atom stereocenters. The molecule has 108 valence electrons. The second-order valence-corrected chi connectivity index (χ2v) is 4.54. The van der Waals surface area contributed by atoms with E-state index in [2.05, 4.69) is 19.4 Å². The summed E-state index contributed by atoms with van der Waals surface area (Å²) in [6, 6.07) is 0. The molecule has 2 heterocycles. The Morgan fingerprint density at radius 3 is 3.05 bits per heavy atom. The maximum atomic E-state index is 5.98. The molecule has 2 N–H and O–H groups in total. The number of nitrogens with zero attached hydrogens (tertiary/aromatic N) is 4. The number of aliphatic imine (C=N–C) groups is 1. The minimum Gasteiger partial charge on any atom is -0.375 e. The number of morpholine rings is 1. The van der Waals surface area contributed by atoms with Crippen LogP contribution in [0.15, 0.2) is 17.4 Å². The van der Waals surface area contributed by atoms with Gasteiger partial charge in [-0.25, -0.2) is 4.98 Å². The van der Waals surface area contributed by atoms with Gasteiger partial charge in [-0.2, -0.15) is 0 Å². The van der Waals surface area contributed by atoms with Crippen LogP contribution in [-0.2, 0) is 11.3 Å². The van der Waals surface area contributed by atoms with Gasteiger partial charge in [-0.05, 0) is 13.8 Å². The number of imidazole rings is 1. The third-order valence-electron chi connectivity index (χ3n) is 3.10. The molecule has 1 saturated heterocycles. The van der Waals surface area contributed by atoms with Gasteiger partial charge in [-0.3, -0.25) is 4.99 Å². The molecule has 6 nitrogen and oxygen atoms in total. The molecule has 1 atom stereocenters. The Bertz CT molecular complexity index is 420. The van der Waals surface area contributed by atoms with Gasteiger partial charge in [0, 0.05) is 32.0 Å². The summed E-state index contributed by atoms with van der Waals surface area (Å²) in [6.45, 7) is 7.88. The van der Waals surface area contributed by atoms with Crippen LogP contribution in [0.4, 0.5) is 0 Å². The second kappa shape index (κ2) is 7.68. The molecule has 0 amide bonds. The van der Waals surface area contributed by atoms with Crippen molar-refractivity contribution in [3.8, 4) is 0 Å². The monoisotopic (exact) mass is 379 g/mol. The summed E-state index contributed by atoms with van der Waals surface area (Å²) in [4.78, 5) is 10.7. The summed E-state index contributed by atoms with van der Waals surface area (Å²) < 4.78 is 7.54. The third-order valence-corrected chi connectivity index (χ3v) is 3.10. The Labute approximate surface area is 131 Å². The van der Waals surface area contributed by atoms with Gasteiger partial charge in [-0.1, -0.05) is 0 Å². The molecule has 2 rings (SSSR count). The van der Waals surface area contributed by atoms with Crippen molar-refractivity contribution >= 4 is 29.9 Å². The minimum atomic E-state index is 0. The number of halogens is 1. The van der Waals surface area contributed by atoms with Gasteiger partial charge >= 0.3 is 0 Å². The Morgan fingerprint density at radius 2 is 2.42 bits per heavy atom. The van der Waals surface area contributed by atoms with Crippen LogP contribution in [0.2, 0.25) is 0 Å². The predicted octanol–water partition coefficient (Wildman–Crippen LogP) is 0.845. The first-order chi connectivity index (χ1) is 8.66. The van der Waals surface area contributed by atoms with E-state index < -0.39 is 0 Å². The highest BCUT2D eigenvalue weighted by atomic mass is 127. The Balaban J connectivity index is 0.00000180. The number of nitrogens with two attached hydrogens (primary N) is 1. The smallest absolute Gasteiger partial charge is 0.191 e. The van der Waals surface area contributed by atoms with E-state index in [1.54, 1.807) is 6.20 Å². The van der Waals surface area contributed by atoms with Gasteiger partial charge < -0.3 is 19.9 Å². The van der Waals surface area contributed by atoms with Gasteiger partial charge in [-0.15, -0.1) is 24.0 Å². The van der Waals surface area contributed by atoms with E-state index in [9.17, 15) is 0 Å². The topological polar surface area (TPSA) is 68.7 Å². The van der Waals surface area contributed by atoms with Crippen LogP contribution < -0.4 is 5.73 Å². The number of aryl methyl sites for hydroxylation is 1. The van der Waals surface area contributed by atoms with Gasteiger partial charge in [0.15, 0.2) is 5.96 Å². The maximum absolute atomic E-state index is 5.98. The molecule has 19 heavy (non-hydrogen) atoms. The number of rotatable bonds is 3. The Morgan fingerprint density at radius 1 is 1.63 bits per heavy atom. The predicted molar refractivity (Wildman–Crippen MR) is 85.9 cm³/mol. The van der Waals surface area contributed by atoms with Crippen LogP contribution in [0.3, 0.4) is 0 Å². The lowest BCUT2D eigenvalue weighted by atomic mass is 10.3.